The number of rotatable bonds is 4. The number of hydroxylamine groups is 1. The van der Waals surface area contributed by atoms with E-state index in [9.17, 15) is 9.59 Å². The number of thiophene rings is 1. The number of fused-ring (bicyclic) bond motifs is 1. The van der Waals surface area contributed by atoms with Gasteiger partial charge >= 0.3 is 0 Å². The van der Waals surface area contributed by atoms with E-state index >= 15 is 0 Å². The van der Waals surface area contributed by atoms with Crippen LogP contribution in [0, 0.1) is 0 Å². The smallest absolute Gasteiger partial charge is 0.297 e. The minimum Gasteiger partial charge on any atom is -0.360 e. The van der Waals surface area contributed by atoms with Crippen LogP contribution in [0.4, 0.5) is 0 Å². The van der Waals surface area contributed by atoms with Gasteiger partial charge in [-0.25, -0.2) is 5.48 Å². The fourth-order valence-electron chi connectivity index (χ4n) is 3.17. The molecular formula is C20H17N3O4S. The minimum absolute atomic E-state index is 0.000266. The molecule has 0 fully saturated rings. The average molecular weight is 395 g/mol. The van der Waals surface area contributed by atoms with E-state index in [4.69, 9.17) is 9.73 Å². The molecule has 0 spiro atoms. The molecule has 3 heterocycles. The Kier molecular flexibility index (Phi) is 5.05. The lowest BCUT2D eigenvalue weighted by atomic mass is 10.0. The fraction of sp³-hybridized carbons (Fsp3) is 0.150. The molecule has 0 aliphatic carbocycles. The molecule has 2 aromatic heterocycles. The third-order valence-electron chi connectivity index (χ3n) is 4.56. The number of amides is 2. The molecular weight excluding hydrogens is 378 g/mol. The molecule has 1 aliphatic heterocycles. The molecule has 0 unspecified atom stereocenters. The highest BCUT2D eigenvalue weighted by Crippen LogP contribution is 2.29. The van der Waals surface area contributed by atoms with Crippen LogP contribution in [0.1, 0.15) is 32.3 Å². The highest BCUT2D eigenvalue weighted by atomic mass is 32.1. The predicted molar refractivity (Wildman–Crippen MR) is 104 cm³/mol. The number of hydrogen-bond acceptors (Lipinski definition) is 6. The lowest BCUT2D eigenvalue weighted by Crippen LogP contribution is -2.37. The van der Waals surface area contributed by atoms with E-state index in [2.05, 4.69) is 5.16 Å². The Morgan fingerprint density at radius 3 is 2.75 bits per heavy atom. The van der Waals surface area contributed by atoms with Crippen molar-refractivity contribution >= 4 is 34.8 Å². The minimum atomic E-state index is -0.752. The standard InChI is InChI=1S/C20H17N3O4S/c24-19(21-26)18-15-12-23(9-8-16(15)27-22-18)20(25)14(17-7-4-10-28-17)11-13-5-2-1-3-6-13/h1-7,10-11,26H,8-9,12H2,(H,21,24)/b14-11+. The quantitative estimate of drug-likeness (QED) is 0.402. The molecule has 0 bridgehead atoms. The summed E-state index contributed by atoms with van der Waals surface area (Å²) in [5, 5.41) is 14.5. The molecule has 0 atom stereocenters. The van der Waals surface area contributed by atoms with Crippen molar-refractivity contribution in [2.45, 2.75) is 13.0 Å². The van der Waals surface area contributed by atoms with E-state index in [-0.39, 0.29) is 18.1 Å². The second-order valence-corrected chi connectivity index (χ2v) is 7.24. The van der Waals surface area contributed by atoms with E-state index in [1.165, 1.54) is 11.3 Å². The number of benzene rings is 1. The summed E-state index contributed by atoms with van der Waals surface area (Å²) in [6.07, 6.45) is 2.33. The molecule has 28 heavy (non-hydrogen) atoms. The molecule has 1 aliphatic rings. The van der Waals surface area contributed by atoms with Crippen molar-refractivity contribution in [3.05, 3.63) is 75.3 Å². The molecule has 3 aromatic rings. The monoisotopic (exact) mass is 395 g/mol. The van der Waals surface area contributed by atoms with Crippen molar-refractivity contribution in [3.63, 3.8) is 0 Å². The van der Waals surface area contributed by atoms with Crippen LogP contribution in [0.25, 0.3) is 11.6 Å². The molecule has 8 heteroatoms. The van der Waals surface area contributed by atoms with Gasteiger partial charge in [0.25, 0.3) is 11.8 Å². The first-order chi connectivity index (χ1) is 13.7. The van der Waals surface area contributed by atoms with Gasteiger partial charge in [-0.05, 0) is 23.1 Å². The highest BCUT2D eigenvalue weighted by Gasteiger charge is 2.31. The third kappa shape index (κ3) is 3.47. The van der Waals surface area contributed by atoms with Crippen LogP contribution in [0.2, 0.25) is 0 Å². The largest absolute Gasteiger partial charge is 0.360 e. The van der Waals surface area contributed by atoms with Crippen molar-refractivity contribution in [2.75, 3.05) is 6.54 Å². The zero-order valence-corrected chi connectivity index (χ0v) is 15.6. The topological polar surface area (TPSA) is 95.7 Å². The average Bonchev–Trinajstić information content (AvgIpc) is 3.41. The van der Waals surface area contributed by atoms with Crippen LogP contribution in [0.5, 0.6) is 0 Å². The Balaban J connectivity index is 1.66. The van der Waals surface area contributed by atoms with Gasteiger partial charge < -0.3 is 9.42 Å². The zero-order valence-electron chi connectivity index (χ0n) is 14.8. The summed E-state index contributed by atoms with van der Waals surface area (Å²) in [6, 6.07) is 13.5. The summed E-state index contributed by atoms with van der Waals surface area (Å²) in [7, 11) is 0. The molecule has 0 saturated heterocycles. The number of nitrogens with one attached hydrogen (secondary N) is 1. The summed E-state index contributed by atoms with van der Waals surface area (Å²) in [5.41, 5.74) is 3.61. The number of hydrogen-bond donors (Lipinski definition) is 2. The van der Waals surface area contributed by atoms with E-state index in [0.29, 0.717) is 29.9 Å². The molecule has 142 valence electrons. The number of aromatic nitrogens is 1. The van der Waals surface area contributed by atoms with E-state index in [0.717, 1.165) is 10.4 Å². The van der Waals surface area contributed by atoms with Gasteiger partial charge in [0, 0.05) is 23.4 Å². The van der Waals surface area contributed by atoms with Gasteiger partial charge in [0.15, 0.2) is 5.69 Å². The Morgan fingerprint density at radius 1 is 1.21 bits per heavy atom. The first-order valence-corrected chi connectivity index (χ1v) is 9.57. The van der Waals surface area contributed by atoms with Gasteiger partial charge in [0.2, 0.25) is 0 Å². The first-order valence-electron chi connectivity index (χ1n) is 8.69. The van der Waals surface area contributed by atoms with Crippen molar-refractivity contribution in [1.29, 1.82) is 0 Å². The summed E-state index contributed by atoms with van der Waals surface area (Å²) >= 11 is 1.50. The van der Waals surface area contributed by atoms with Gasteiger partial charge in [0.1, 0.15) is 5.76 Å². The normalized spacial score (nSPS) is 13.9. The third-order valence-corrected chi connectivity index (χ3v) is 5.46. The second kappa shape index (κ2) is 7.79. The van der Waals surface area contributed by atoms with Crippen LogP contribution in [-0.2, 0) is 17.8 Å². The van der Waals surface area contributed by atoms with Gasteiger partial charge in [-0.3, -0.25) is 14.8 Å². The second-order valence-electron chi connectivity index (χ2n) is 6.30. The van der Waals surface area contributed by atoms with Gasteiger partial charge in [0.05, 0.1) is 12.1 Å². The Morgan fingerprint density at radius 2 is 2.04 bits per heavy atom. The maximum atomic E-state index is 13.3. The Hall–Kier alpha value is -3.23. The zero-order chi connectivity index (χ0) is 19.5. The maximum absolute atomic E-state index is 13.3. The first kappa shape index (κ1) is 18.1. The molecule has 1 aromatic carbocycles. The molecule has 2 amide bonds. The molecule has 0 saturated carbocycles. The maximum Gasteiger partial charge on any atom is 0.297 e. The van der Waals surface area contributed by atoms with Crippen molar-refractivity contribution in [3.8, 4) is 0 Å². The van der Waals surface area contributed by atoms with Crippen molar-refractivity contribution in [2.24, 2.45) is 0 Å². The summed E-state index contributed by atoms with van der Waals surface area (Å²) < 4.78 is 5.19. The Labute approximate surface area is 164 Å². The van der Waals surface area contributed by atoms with E-state index in [1.54, 1.807) is 10.4 Å². The number of carbonyl (C=O) groups is 2. The van der Waals surface area contributed by atoms with Crippen LogP contribution in [0.15, 0.2) is 52.4 Å². The van der Waals surface area contributed by atoms with Crippen LogP contribution in [-0.4, -0.2) is 33.6 Å². The number of nitrogens with zero attached hydrogens (tertiary/aromatic N) is 2. The van der Waals surface area contributed by atoms with Crippen LogP contribution >= 0.6 is 11.3 Å². The van der Waals surface area contributed by atoms with E-state index < -0.39 is 5.91 Å². The van der Waals surface area contributed by atoms with Crippen LogP contribution < -0.4 is 5.48 Å². The summed E-state index contributed by atoms with van der Waals surface area (Å²) in [5.74, 6) is -0.321. The lowest BCUT2D eigenvalue weighted by Gasteiger charge is -2.27. The summed E-state index contributed by atoms with van der Waals surface area (Å²) in [6.45, 7) is 0.649. The van der Waals surface area contributed by atoms with Gasteiger partial charge in [-0.1, -0.05) is 41.6 Å². The predicted octanol–water partition coefficient (Wildman–Crippen LogP) is 2.98. The van der Waals surface area contributed by atoms with Crippen molar-refractivity contribution in [1.82, 2.24) is 15.5 Å². The SMILES string of the molecule is O=C(NO)c1noc2c1CN(C(=O)/C(=C/c1ccccc1)c1cccs1)CC2. The highest BCUT2D eigenvalue weighted by molar-refractivity contribution is 7.11. The molecule has 4 rings (SSSR count). The Bertz CT molecular complexity index is 1030. The van der Waals surface area contributed by atoms with Crippen LogP contribution in [0.3, 0.4) is 0 Å². The molecule has 0 radical (unpaired) electrons. The molecule has 2 N–H and O–H groups in total. The fourth-order valence-corrected chi connectivity index (χ4v) is 3.90. The van der Waals surface area contributed by atoms with Crippen molar-refractivity contribution < 1.29 is 19.3 Å². The van der Waals surface area contributed by atoms with E-state index in [1.807, 2.05) is 53.9 Å². The van der Waals surface area contributed by atoms with Gasteiger partial charge in [-0.15, -0.1) is 11.3 Å². The van der Waals surface area contributed by atoms with Gasteiger partial charge in [-0.2, -0.15) is 0 Å². The number of carbonyl (C=O) groups excluding carboxylic acids is 2. The molecule has 7 nitrogen and oxygen atoms in total. The lowest BCUT2D eigenvalue weighted by molar-refractivity contribution is -0.125. The summed E-state index contributed by atoms with van der Waals surface area (Å²) in [4.78, 5) is 27.7.